The lowest BCUT2D eigenvalue weighted by Gasteiger charge is -2.08. The van der Waals surface area contributed by atoms with Gasteiger partial charge in [-0.2, -0.15) is 5.26 Å². The number of hydrogen-bond acceptors (Lipinski definition) is 4. The fourth-order valence-corrected chi connectivity index (χ4v) is 2.29. The molecule has 23 heavy (non-hydrogen) atoms. The number of methoxy groups -OCH3 is 1. The molecule has 1 atom stereocenters. The van der Waals surface area contributed by atoms with Crippen molar-refractivity contribution in [1.82, 2.24) is 4.98 Å². The van der Waals surface area contributed by atoms with Crippen molar-refractivity contribution in [3.63, 3.8) is 0 Å². The molecule has 118 valence electrons. The number of nitrogens with zero attached hydrogens (tertiary/aromatic N) is 1. The van der Waals surface area contributed by atoms with Gasteiger partial charge >= 0.3 is 0 Å². The summed E-state index contributed by atoms with van der Waals surface area (Å²) in [5, 5.41) is 19.2. The van der Waals surface area contributed by atoms with E-state index in [0.29, 0.717) is 16.5 Å². The van der Waals surface area contributed by atoms with Crippen molar-refractivity contribution in [2.24, 2.45) is 0 Å². The summed E-state index contributed by atoms with van der Waals surface area (Å²) in [6.07, 6.45) is 0.820. The molecule has 2 rings (SSSR count). The minimum atomic E-state index is -0.867. The second-order valence-corrected chi connectivity index (χ2v) is 5.26. The molecule has 5 nitrogen and oxygen atoms in total. The molecule has 0 aliphatic carbocycles. The maximum absolute atomic E-state index is 11.5. The van der Waals surface area contributed by atoms with Crippen molar-refractivity contribution in [2.75, 3.05) is 7.11 Å². The average molecular weight is 331 g/mol. The van der Waals surface area contributed by atoms with Gasteiger partial charge in [0.2, 0.25) is 0 Å². The standard InChI is InChI=1S/C17H15ClN2O3/c1-23-15-6-3-11(4-7-15)16(18)9-14(21)8-13-5-2-12(10-19)17(22)20-13/h2-7,9,14,21H,8H2,1H3,(H,20,22)/b16-9-. The molecule has 1 aromatic heterocycles. The number of ether oxygens (including phenoxy) is 1. The number of H-pyrrole nitrogens is 1. The predicted molar refractivity (Wildman–Crippen MR) is 88.3 cm³/mol. The Labute approximate surface area is 138 Å². The molecule has 0 radical (unpaired) electrons. The van der Waals surface area contributed by atoms with Crippen molar-refractivity contribution < 1.29 is 9.84 Å². The minimum Gasteiger partial charge on any atom is -0.497 e. The number of halogens is 1. The first-order valence-corrected chi connectivity index (χ1v) is 7.23. The summed E-state index contributed by atoms with van der Waals surface area (Å²) in [7, 11) is 1.58. The van der Waals surface area contributed by atoms with Gasteiger partial charge in [0.05, 0.1) is 13.2 Å². The molecule has 0 aliphatic rings. The van der Waals surface area contributed by atoms with E-state index in [4.69, 9.17) is 21.6 Å². The normalized spacial score (nSPS) is 12.5. The third kappa shape index (κ3) is 4.46. The molecular weight excluding hydrogens is 316 g/mol. The SMILES string of the molecule is COc1ccc(/C(Cl)=C/C(O)Cc2ccc(C#N)c(=O)[nH]2)cc1. The van der Waals surface area contributed by atoms with E-state index in [1.54, 1.807) is 43.5 Å². The zero-order valence-corrected chi connectivity index (χ0v) is 13.2. The summed E-state index contributed by atoms with van der Waals surface area (Å²) in [5.41, 5.74) is 0.842. The molecule has 0 saturated heterocycles. The Balaban J connectivity index is 2.10. The van der Waals surface area contributed by atoms with E-state index in [0.717, 1.165) is 5.56 Å². The number of rotatable bonds is 5. The highest BCUT2D eigenvalue weighted by atomic mass is 35.5. The number of aliphatic hydroxyl groups excluding tert-OH is 1. The summed E-state index contributed by atoms with van der Waals surface area (Å²) in [6, 6.07) is 11.9. The van der Waals surface area contributed by atoms with E-state index in [1.165, 1.54) is 12.1 Å². The maximum atomic E-state index is 11.5. The van der Waals surface area contributed by atoms with Gasteiger partial charge in [0.25, 0.3) is 5.56 Å². The Kier molecular flexibility index (Phi) is 5.58. The van der Waals surface area contributed by atoms with E-state index >= 15 is 0 Å². The van der Waals surface area contributed by atoms with Crippen LogP contribution in [-0.4, -0.2) is 23.3 Å². The first-order valence-electron chi connectivity index (χ1n) is 6.85. The van der Waals surface area contributed by atoms with Crippen molar-refractivity contribution in [3.8, 4) is 11.8 Å². The fourth-order valence-electron chi connectivity index (χ4n) is 2.02. The van der Waals surface area contributed by atoms with Crippen molar-refractivity contribution >= 4 is 16.6 Å². The van der Waals surface area contributed by atoms with Crippen LogP contribution >= 0.6 is 11.6 Å². The van der Waals surface area contributed by atoms with E-state index in [-0.39, 0.29) is 12.0 Å². The van der Waals surface area contributed by atoms with Crippen LogP contribution < -0.4 is 10.3 Å². The Morgan fingerprint density at radius 3 is 2.65 bits per heavy atom. The molecule has 0 fully saturated rings. The molecule has 0 bridgehead atoms. The Hall–Kier alpha value is -2.55. The highest BCUT2D eigenvalue weighted by molar-refractivity contribution is 6.48. The van der Waals surface area contributed by atoms with Gasteiger partial charge in [0, 0.05) is 17.1 Å². The molecule has 2 N–H and O–H groups in total. The average Bonchev–Trinajstić information content (AvgIpc) is 2.55. The lowest BCUT2D eigenvalue weighted by molar-refractivity contribution is 0.223. The van der Waals surface area contributed by atoms with Crippen molar-refractivity contribution in [2.45, 2.75) is 12.5 Å². The van der Waals surface area contributed by atoms with Gasteiger partial charge in [0.15, 0.2) is 0 Å². The van der Waals surface area contributed by atoms with E-state index < -0.39 is 11.7 Å². The van der Waals surface area contributed by atoms with Crippen LogP contribution in [0.2, 0.25) is 0 Å². The van der Waals surface area contributed by atoms with Gasteiger partial charge in [-0.25, -0.2) is 0 Å². The molecule has 0 amide bonds. The van der Waals surface area contributed by atoms with Crippen LogP contribution in [-0.2, 0) is 6.42 Å². The second-order valence-electron chi connectivity index (χ2n) is 4.85. The van der Waals surface area contributed by atoms with Crippen LogP contribution in [0, 0.1) is 11.3 Å². The zero-order valence-electron chi connectivity index (χ0n) is 12.4. The second kappa shape index (κ2) is 7.63. The number of aromatic amines is 1. The lowest BCUT2D eigenvalue weighted by atomic mass is 10.1. The number of nitrogens with one attached hydrogen (secondary N) is 1. The Morgan fingerprint density at radius 1 is 1.39 bits per heavy atom. The number of aliphatic hydroxyl groups is 1. The Morgan fingerprint density at radius 2 is 2.09 bits per heavy atom. The van der Waals surface area contributed by atoms with E-state index in [2.05, 4.69) is 4.98 Å². The van der Waals surface area contributed by atoms with Gasteiger partial charge < -0.3 is 14.8 Å². The molecule has 0 spiro atoms. The molecular formula is C17H15ClN2O3. The molecule has 1 unspecified atom stereocenters. The smallest absolute Gasteiger partial charge is 0.266 e. The summed E-state index contributed by atoms with van der Waals surface area (Å²) in [5.74, 6) is 0.717. The fraction of sp³-hybridized carbons (Fsp3) is 0.176. The van der Waals surface area contributed by atoms with Gasteiger partial charge in [0.1, 0.15) is 17.4 Å². The van der Waals surface area contributed by atoms with Gasteiger partial charge in [-0.05, 0) is 48.0 Å². The molecule has 0 saturated carbocycles. The van der Waals surface area contributed by atoms with Gasteiger partial charge in [-0.1, -0.05) is 11.6 Å². The van der Waals surface area contributed by atoms with Crippen molar-refractivity contribution in [3.05, 3.63) is 69.6 Å². The first-order chi connectivity index (χ1) is 11.0. The minimum absolute atomic E-state index is 0.0371. The van der Waals surface area contributed by atoms with Crippen LogP contribution in [0.1, 0.15) is 16.8 Å². The number of aromatic nitrogens is 1. The lowest BCUT2D eigenvalue weighted by Crippen LogP contribution is -2.16. The van der Waals surface area contributed by atoms with E-state index in [9.17, 15) is 9.90 Å². The van der Waals surface area contributed by atoms with Crippen molar-refractivity contribution in [1.29, 1.82) is 5.26 Å². The van der Waals surface area contributed by atoms with Gasteiger partial charge in [-0.3, -0.25) is 4.79 Å². The zero-order chi connectivity index (χ0) is 16.8. The highest BCUT2D eigenvalue weighted by Crippen LogP contribution is 2.22. The number of hydrogen-bond donors (Lipinski definition) is 2. The van der Waals surface area contributed by atoms with E-state index in [1.807, 2.05) is 0 Å². The van der Waals surface area contributed by atoms with Crippen LogP contribution in [0.3, 0.4) is 0 Å². The third-order valence-corrected chi connectivity index (χ3v) is 3.57. The topological polar surface area (TPSA) is 86.1 Å². The summed E-state index contributed by atoms with van der Waals surface area (Å²) in [4.78, 5) is 14.1. The van der Waals surface area contributed by atoms with Crippen LogP contribution in [0.4, 0.5) is 0 Å². The molecule has 1 aromatic carbocycles. The van der Waals surface area contributed by atoms with Gasteiger partial charge in [-0.15, -0.1) is 0 Å². The maximum Gasteiger partial charge on any atom is 0.266 e. The molecule has 6 heteroatoms. The Bertz CT molecular complexity index is 804. The van der Waals surface area contributed by atoms with Crippen LogP contribution in [0.25, 0.3) is 5.03 Å². The van der Waals surface area contributed by atoms with Crippen LogP contribution in [0.15, 0.2) is 47.3 Å². The summed E-state index contributed by atoms with van der Waals surface area (Å²) < 4.78 is 5.07. The third-order valence-electron chi connectivity index (χ3n) is 3.22. The predicted octanol–water partition coefficient (Wildman–Crippen LogP) is 2.44. The van der Waals surface area contributed by atoms with Crippen LogP contribution in [0.5, 0.6) is 5.75 Å². The number of pyridine rings is 1. The summed E-state index contributed by atoms with van der Waals surface area (Å²) in [6.45, 7) is 0. The highest BCUT2D eigenvalue weighted by Gasteiger charge is 2.08. The monoisotopic (exact) mass is 330 g/mol. The largest absolute Gasteiger partial charge is 0.497 e. The quantitative estimate of drug-likeness (QED) is 0.881. The number of benzene rings is 1. The molecule has 2 aromatic rings. The number of nitriles is 1. The summed E-state index contributed by atoms with van der Waals surface area (Å²) >= 11 is 6.19. The first kappa shape index (κ1) is 16.8. The molecule has 0 aliphatic heterocycles. The molecule has 1 heterocycles.